The highest BCUT2D eigenvalue weighted by molar-refractivity contribution is 5.94. The van der Waals surface area contributed by atoms with E-state index in [1.165, 1.54) is 20.1 Å². The lowest BCUT2D eigenvalue weighted by Crippen LogP contribution is -2.37. The molecule has 1 N–H and O–H groups in total. The highest BCUT2D eigenvalue weighted by Crippen LogP contribution is 2.28. The third kappa shape index (κ3) is 6.82. The molecule has 0 aliphatic heterocycles. The van der Waals surface area contributed by atoms with Gasteiger partial charge >= 0.3 is 5.97 Å². The molecule has 1 aromatic carbocycles. The minimum Gasteiger partial charge on any atom is -0.493 e. The first kappa shape index (κ1) is 20.5. The molecule has 25 heavy (non-hydrogen) atoms. The quantitative estimate of drug-likeness (QED) is 0.513. The standard InChI is InChI=1S/C18H25NO6/c1-5-14(6-2)19-17(21)10-25-18(22)11-24-15-8-7-13(12(3)20)9-16(15)23-4/h7-9,14H,5-6,10-11H2,1-4H3,(H,19,21). The zero-order valence-corrected chi connectivity index (χ0v) is 15.1. The minimum atomic E-state index is -0.669. The van der Waals surface area contributed by atoms with Crippen molar-refractivity contribution >= 4 is 17.7 Å². The number of rotatable bonds is 10. The van der Waals surface area contributed by atoms with Crippen LogP contribution in [0.25, 0.3) is 0 Å². The normalized spacial score (nSPS) is 10.3. The highest BCUT2D eigenvalue weighted by Gasteiger charge is 2.13. The predicted octanol–water partition coefficient (Wildman–Crippen LogP) is 2.12. The smallest absolute Gasteiger partial charge is 0.344 e. The van der Waals surface area contributed by atoms with Crippen LogP contribution in [0.3, 0.4) is 0 Å². The van der Waals surface area contributed by atoms with Crippen molar-refractivity contribution in [3.8, 4) is 11.5 Å². The number of methoxy groups -OCH3 is 1. The molecule has 0 aliphatic rings. The highest BCUT2D eigenvalue weighted by atomic mass is 16.6. The van der Waals surface area contributed by atoms with Crippen LogP contribution >= 0.6 is 0 Å². The second-order valence-corrected chi connectivity index (χ2v) is 5.45. The van der Waals surface area contributed by atoms with Crippen LogP contribution < -0.4 is 14.8 Å². The van der Waals surface area contributed by atoms with Crippen molar-refractivity contribution in [1.82, 2.24) is 5.32 Å². The van der Waals surface area contributed by atoms with Crippen molar-refractivity contribution in [3.63, 3.8) is 0 Å². The third-order valence-corrected chi connectivity index (χ3v) is 3.63. The lowest BCUT2D eigenvalue weighted by atomic mass is 10.1. The number of benzene rings is 1. The van der Waals surface area contributed by atoms with Gasteiger partial charge in [0.1, 0.15) is 0 Å². The van der Waals surface area contributed by atoms with E-state index in [-0.39, 0.29) is 30.9 Å². The summed E-state index contributed by atoms with van der Waals surface area (Å²) in [5.74, 6) is -0.464. The maximum absolute atomic E-state index is 11.7. The number of ketones is 1. The molecule has 0 atom stereocenters. The molecule has 0 saturated carbocycles. The summed E-state index contributed by atoms with van der Waals surface area (Å²) in [6, 6.07) is 4.73. The summed E-state index contributed by atoms with van der Waals surface area (Å²) in [6.07, 6.45) is 1.63. The predicted molar refractivity (Wildman–Crippen MR) is 92.0 cm³/mol. The summed E-state index contributed by atoms with van der Waals surface area (Å²) in [6.45, 7) is 4.67. The fourth-order valence-electron chi connectivity index (χ4n) is 2.09. The van der Waals surface area contributed by atoms with Crippen molar-refractivity contribution in [2.45, 2.75) is 39.7 Å². The zero-order valence-electron chi connectivity index (χ0n) is 15.1. The minimum absolute atomic E-state index is 0.0755. The molecule has 7 heteroatoms. The van der Waals surface area contributed by atoms with E-state index >= 15 is 0 Å². The molecule has 138 valence electrons. The third-order valence-electron chi connectivity index (χ3n) is 3.63. The van der Waals surface area contributed by atoms with Gasteiger partial charge < -0.3 is 19.5 Å². The number of hydrogen-bond acceptors (Lipinski definition) is 6. The molecule has 1 rings (SSSR count). The summed E-state index contributed by atoms with van der Waals surface area (Å²) in [4.78, 5) is 34.7. The fraction of sp³-hybridized carbons (Fsp3) is 0.500. The van der Waals surface area contributed by atoms with Crippen LogP contribution in [0.5, 0.6) is 11.5 Å². The molecule has 1 aromatic rings. The molecule has 1 amide bonds. The number of carbonyl (C=O) groups is 3. The van der Waals surface area contributed by atoms with Gasteiger partial charge in [-0.1, -0.05) is 13.8 Å². The van der Waals surface area contributed by atoms with E-state index in [4.69, 9.17) is 14.2 Å². The van der Waals surface area contributed by atoms with Gasteiger partial charge in [-0.3, -0.25) is 9.59 Å². The number of nitrogens with one attached hydrogen (secondary N) is 1. The van der Waals surface area contributed by atoms with Gasteiger partial charge in [0.2, 0.25) is 0 Å². The van der Waals surface area contributed by atoms with Crippen molar-refractivity contribution in [1.29, 1.82) is 0 Å². The Hall–Kier alpha value is -2.57. The average Bonchev–Trinajstić information content (AvgIpc) is 2.62. The number of carbonyl (C=O) groups excluding carboxylic acids is 3. The first-order valence-electron chi connectivity index (χ1n) is 8.17. The van der Waals surface area contributed by atoms with Gasteiger partial charge in [-0.05, 0) is 38.0 Å². The molecule has 0 spiro atoms. The van der Waals surface area contributed by atoms with Crippen molar-refractivity contribution in [2.24, 2.45) is 0 Å². The Balaban J connectivity index is 2.49. The van der Waals surface area contributed by atoms with E-state index in [2.05, 4.69) is 5.32 Å². The van der Waals surface area contributed by atoms with E-state index < -0.39 is 5.97 Å². The Bertz CT molecular complexity index is 610. The lowest BCUT2D eigenvalue weighted by molar-refractivity contribution is -0.150. The Kier molecular flexibility index (Phi) is 8.46. The van der Waals surface area contributed by atoms with Gasteiger partial charge in [-0.15, -0.1) is 0 Å². The van der Waals surface area contributed by atoms with Crippen LogP contribution in [-0.4, -0.2) is 44.0 Å². The first-order valence-corrected chi connectivity index (χ1v) is 8.17. The molecular weight excluding hydrogens is 326 g/mol. The Morgan fingerprint density at radius 2 is 1.76 bits per heavy atom. The Morgan fingerprint density at radius 3 is 2.32 bits per heavy atom. The maximum atomic E-state index is 11.7. The first-order chi connectivity index (χ1) is 11.9. The molecule has 0 bridgehead atoms. The van der Waals surface area contributed by atoms with E-state index in [1.807, 2.05) is 13.8 Å². The molecule has 0 saturated heterocycles. The summed E-state index contributed by atoms with van der Waals surface area (Å²) >= 11 is 0. The fourth-order valence-corrected chi connectivity index (χ4v) is 2.09. The molecule has 0 unspecified atom stereocenters. The Morgan fingerprint density at radius 1 is 1.08 bits per heavy atom. The van der Waals surface area contributed by atoms with Crippen LogP contribution in [0.2, 0.25) is 0 Å². The number of ether oxygens (including phenoxy) is 3. The van der Waals surface area contributed by atoms with Gasteiger partial charge in [-0.25, -0.2) is 4.79 Å². The van der Waals surface area contributed by atoms with E-state index in [0.717, 1.165) is 12.8 Å². The SMILES string of the molecule is CCC(CC)NC(=O)COC(=O)COc1ccc(C(C)=O)cc1OC. The summed E-state index contributed by atoms with van der Waals surface area (Å²) < 4.78 is 15.4. The molecular formula is C18H25NO6. The molecule has 0 aliphatic carbocycles. The molecule has 0 radical (unpaired) electrons. The van der Waals surface area contributed by atoms with Crippen LogP contribution in [-0.2, 0) is 14.3 Å². The zero-order chi connectivity index (χ0) is 18.8. The summed E-state index contributed by atoms with van der Waals surface area (Å²) in [5.41, 5.74) is 0.477. The molecule has 7 nitrogen and oxygen atoms in total. The van der Waals surface area contributed by atoms with Crippen LogP contribution in [0.4, 0.5) is 0 Å². The topological polar surface area (TPSA) is 90.9 Å². The summed E-state index contributed by atoms with van der Waals surface area (Å²) in [7, 11) is 1.44. The second kappa shape index (κ2) is 10.3. The average molecular weight is 351 g/mol. The van der Waals surface area contributed by atoms with Crippen LogP contribution in [0.15, 0.2) is 18.2 Å². The molecule has 0 heterocycles. The number of esters is 1. The monoisotopic (exact) mass is 351 g/mol. The summed E-state index contributed by atoms with van der Waals surface area (Å²) in [5, 5.41) is 2.77. The van der Waals surface area contributed by atoms with Gasteiger partial charge in [0.25, 0.3) is 5.91 Å². The lowest BCUT2D eigenvalue weighted by Gasteiger charge is -2.15. The number of amides is 1. The largest absolute Gasteiger partial charge is 0.493 e. The van der Waals surface area contributed by atoms with Gasteiger partial charge in [0.15, 0.2) is 30.5 Å². The molecule has 0 aromatic heterocycles. The van der Waals surface area contributed by atoms with Gasteiger partial charge in [0, 0.05) is 11.6 Å². The van der Waals surface area contributed by atoms with Gasteiger partial charge in [0.05, 0.1) is 7.11 Å². The van der Waals surface area contributed by atoms with Crippen molar-refractivity contribution in [2.75, 3.05) is 20.3 Å². The van der Waals surface area contributed by atoms with Crippen LogP contribution in [0.1, 0.15) is 44.0 Å². The Labute approximate surface area is 147 Å². The van der Waals surface area contributed by atoms with E-state index in [9.17, 15) is 14.4 Å². The van der Waals surface area contributed by atoms with E-state index in [1.54, 1.807) is 12.1 Å². The van der Waals surface area contributed by atoms with Crippen LogP contribution in [0, 0.1) is 0 Å². The number of hydrogen-bond donors (Lipinski definition) is 1. The number of Topliss-reactive ketones (excluding diaryl/α,β-unsaturated/α-hetero) is 1. The second-order valence-electron chi connectivity index (χ2n) is 5.45. The van der Waals surface area contributed by atoms with Crippen molar-refractivity contribution in [3.05, 3.63) is 23.8 Å². The maximum Gasteiger partial charge on any atom is 0.344 e. The van der Waals surface area contributed by atoms with Gasteiger partial charge in [-0.2, -0.15) is 0 Å². The molecule has 0 fully saturated rings. The van der Waals surface area contributed by atoms with E-state index in [0.29, 0.717) is 17.1 Å². The van der Waals surface area contributed by atoms with Crippen molar-refractivity contribution < 1.29 is 28.6 Å².